The maximum absolute atomic E-state index is 11.7. The molecule has 2 aromatic rings. The summed E-state index contributed by atoms with van der Waals surface area (Å²) in [4.78, 5) is 16.7. The second-order valence-corrected chi connectivity index (χ2v) is 9.30. The van der Waals surface area contributed by atoms with Gasteiger partial charge < -0.3 is 28.8 Å². The maximum Gasteiger partial charge on any atom is 0.215 e. The fraction of sp³-hybridized carbons (Fsp3) is 0.690. The lowest BCUT2D eigenvalue weighted by Gasteiger charge is -2.15. The van der Waals surface area contributed by atoms with Gasteiger partial charge in [0.2, 0.25) is 6.41 Å². The van der Waals surface area contributed by atoms with Gasteiger partial charge in [0.05, 0.1) is 19.8 Å². The van der Waals surface area contributed by atoms with E-state index in [1.54, 1.807) is 12.0 Å². The lowest BCUT2D eigenvalue weighted by molar-refractivity contribution is -0.107. The number of fused-ring (bicyclic) bond motifs is 1. The van der Waals surface area contributed by atoms with Crippen LogP contribution in [0.15, 0.2) is 24.3 Å². The van der Waals surface area contributed by atoms with E-state index in [9.17, 15) is 4.79 Å². The zero-order chi connectivity index (χ0) is 25.7. The number of hydrogen-bond donors (Lipinski definition) is 1. The summed E-state index contributed by atoms with van der Waals surface area (Å²) in [6.07, 6.45) is 15.0. The van der Waals surface area contributed by atoms with Gasteiger partial charge in [0.1, 0.15) is 18.2 Å². The second kappa shape index (κ2) is 20.0. The van der Waals surface area contributed by atoms with Gasteiger partial charge in [-0.1, -0.05) is 64.7 Å². The SMILES string of the molecule is CCCCCCCCCCCCOCCCN(C=O)c1cc2cc(OCCOCCOC)ccc2[nH]1. The number of nitrogens with zero attached hydrogens (tertiary/aromatic N) is 1. The topological polar surface area (TPSA) is 73.0 Å². The van der Waals surface area contributed by atoms with Crippen LogP contribution in [0.5, 0.6) is 5.75 Å². The van der Waals surface area contributed by atoms with E-state index < -0.39 is 0 Å². The number of unbranched alkanes of at least 4 members (excludes halogenated alkanes) is 9. The number of amides is 1. The van der Waals surface area contributed by atoms with Crippen LogP contribution >= 0.6 is 0 Å². The van der Waals surface area contributed by atoms with E-state index in [2.05, 4.69) is 11.9 Å². The molecule has 7 nitrogen and oxygen atoms in total. The van der Waals surface area contributed by atoms with E-state index in [0.29, 0.717) is 39.6 Å². The predicted molar refractivity (Wildman–Crippen MR) is 147 cm³/mol. The molecule has 1 N–H and O–H groups in total. The Balaban J connectivity index is 1.57. The van der Waals surface area contributed by atoms with E-state index in [-0.39, 0.29) is 0 Å². The number of H-pyrrole nitrogens is 1. The highest BCUT2D eigenvalue weighted by atomic mass is 16.5. The number of aromatic amines is 1. The van der Waals surface area contributed by atoms with Gasteiger partial charge in [-0.3, -0.25) is 4.79 Å². The highest BCUT2D eigenvalue weighted by Crippen LogP contribution is 2.25. The fourth-order valence-electron chi connectivity index (χ4n) is 4.16. The maximum atomic E-state index is 11.7. The van der Waals surface area contributed by atoms with Gasteiger partial charge in [-0.2, -0.15) is 0 Å². The molecule has 0 saturated heterocycles. The summed E-state index contributed by atoms with van der Waals surface area (Å²) in [5.74, 6) is 1.57. The van der Waals surface area contributed by atoms with Crippen molar-refractivity contribution < 1.29 is 23.7 Å². The Labute approximate surface area is 217 Å². The number of hydrogen-bond acceptors (Lipinski definition) is 5. The molecule has 0 aliphatic heterocycles. The van der Waals surface area contributed by atoms with Gasteiger partial charge in [0, 0.05) is 37.8 Å². The third-order valence-corrected chi connectivity index (χ3v) is 6.27. The minimum absolute atomic E-state index is 0.478. The Kier molecular flexibility index (Phi) is 16.8. The van der Waals surface area contributed by atoms with Crippen LogP contribution in [0.25, 0.3) is 10.9 Å². The van der Waals surface area contributed by atoms with Gasteiger partial charge in [-0.25, -0.2) is 0 Å². The average molecular weight is 505 g/mol. The van der Waals surface area contributed by atoms with Crippen molar-refractivity contribution in [2.24, 2.45) is 0 Å². The molecule has 0 atom stereocenters. The number of aromatic nitrogens is 1. The Morgan fingerprint density at radius 1 is 0.778 bits per heavy atom. The summed E-state index contributed by atoms with van der Waals surface area (Å²) in [5, 5.41) is 1.01. The van der Waals surface area contributed by atoms with Crippen LogP contribution in [-0.2, 0) is 19.0 Å². The minimum atomic E-state index is 0.478. The largest absolute Gasteiger partial charge is 0.491 e. The van der Waals surface area contributed by atoms with Crippen molar-refractivity contribution in [2.75, 3.05) is 58.2 Å². The van der Waals surface area contributed by atoms with Crippen molar-refractivity contribution in [3.63, 3.8) is 0 Å². The van der Waals surface area contributed by atoms with Crippen LogP contribution < -0.4 is 9.64 Å². The number of carbonyl (C=O) groups is 1. The van der Waals surface area contributed by atoms with Crippen molar-refractivity contribution in [1.29, 1.82) is 0 Å². The number of methoxy groups -OCH3 is 1. The quantitative estimate of drug-likeness (QED) is 0.130. The molecular weight excluding hydrogens is 456 g/mol. The van der Waals surface area contributed by atoms with Crippen LogP contribution in [0.1, 0.15) is 77.6 Å². The Morgan fingerprint density at radius 3 is 2.17 bits per heavy atom. The first-order chi connectivity index (χ1) is 17.8. The van der Waals surface area contributed by atoms with Crippen LogP contribution in [0, 0.1) is 0 Å². The third-order valence-electron chi connectivity index (χ3n) is 6.27. The first kappa shape index (κ1) is 30.1. The molecule has 1 aromatic carbocycles. The summed E-state index contributed by atoms with van der Waals surface area (Å²) >= 11 is 0. The van der Waals surface area contributed by atoms with E-state index >= 15 is 0 Å². The molecule has 2 rings (SSSR count). The number of anilines is 1. The monoisotopic (exact) mass is 504 g/mol. The van der Waals surface area contributed by atoms with Crippen LogP contribution in [-0.4, -0.2) is 64.7 Å². The van der Waals surface area contributed by atoms with Gasteiger partial charge in [0.25, 0.3) is 0 Å². The average Bonchev–Trinajstić information content (AvgIpc) is 3.31. The molecule has 0 fully saturated rings. The Hall–Kier alpha value is -2.09. The fourth-order valence-corrected chi connectivity index (χ4v) is 4.16. The smallest absolute Gasteiger partial charge is 0.215 e. The summed E-state index contributed by atoms with van der Waals surface area (Å²) in [7, 11) is 1.65. The molecule has 0 bridgehead atoms. The van der Waals surface area contributed by atoms with E-state index in [0.717, 1.165) is 48.3 Å². The molecule has 0 spiro atoms. The molecule has 0 saturated carbocycles. The number of carbonyl (C=O) groups excluding carboxylic acids is 1. The van der Waals surface area contributed by atoms with Crippen molar-refractivity contribution in [2.45, 2.75) is 77.6 Å². The van der Waals surface area contributed by atoms with Crippen LogP contribution in [0.2, 0.25) is 0 Å². The van der Waals surface area contributed by atoms with Gasteiger partial charge in [0.15, 0.2) is 0 Å². The van der Waals surface area contributed by atoms with Crippen LogP contribution in [0.3, 0.4) is 0 Å². The normalized spacial score (nSPS) is 11.3. The van der Waals surface area contributed by atoms with Crippen molar-refractivity contribution in [3.05, 3.63) is 24.3 Å². The molecule has 0 unspecified atom stereocenters. The number of benzene rings is 1. The molecule has 1 amide bonds. The van der Waals surface area contributed by atoms with Crippen LogP contribution in [0.4, 0.5) is 5.82 Å². The molecule has 36 heavy (non-hydrogen) atoms. The second-order valence-electron chi connectivity index (χ2n) is 9.30. The zero-order valence-electron chi connectivity index (χ0n) is 22.6. The van der Waals surface area contributed by atoms with Gasteiger partial charge in [-0.15, -0.1) is 0 Å². The number of nitrogens with one attached hydrogen (secondary N) is 1. The molecule has 0 aliphatic carbocycles. The Morgan fingerprint density at radius 2 is 1.44 bits per heavy atom. The van der Waals surface area contributed by atoms with E-state index in [1.165, 1.54) is 57.8 Å². The predicted octanol–water partition coefficient (Wildman–Crippen LogP) is 6.50. The molecule has 0 aliphatic rings. The number of rotatable bonds is 24. The first-order valence-corrected chi connectivity index (χ1v) is 13.9. The van der Waals surface area contributed by atoms with Gasteiger partial charge >= 0.3 is 0 Å². The highest BCUT2D eigenvalue weighted by molar-refractivity contribution is 5.88. The molecule has 7 heteroatoms. The lowest BCUT2D eigenvalue weighted by Crippen LogP contribution is -2.23. The summed E-state index contributed by atoms with van der Waals surface area (Å²) < 4.78 is 21.9. The van der Waals surface area contributed by atoms with Gasteiger partial charge in [-0.05, 0) is 37.1 Å². The third kappa shape index (κ3) is 12.7. The summed E-state index contributed by atoms with van der Waals surface area (Å²) in [6.45, 7) is 6.50. The lowest BCUT2D eigenvalue weighted by atomic mass is 10.1. The van der Waals surface area contributed by atoms with Crippen molar-refractivity contribution >= 4 is 23.1 Å². The Bertz CT molecular complexity index is 810. The summed E-state index contributed by atoms with van der Waals surface area (Å²) in [5.41, 5.74) is 0.970. The number of ether oxygens (including phenoxy) is 4. The van der Waals surface area contributed by atoms with Crippen molar-refractivity contribution in [1.82, 2.24) is 4.98 Å². The summed E-state index contributed by atoms with van der Waals surface area (Å²) in [6, 6.07) is 7.85. The molecule has 1 heterocycles. The molecular formula is C29H48N2O5. The van der Waals surface area contributed by atoms with Crippen molar-refractivity contribution in [3.8, 4) is 5.75 Å². The molecule has 1 aromatic heterocycles. The molecule has 0 radical (unpaired) electrons. The minimum Gasteiger partial charge on any atom is -0.491 e. The highest BCUT2D eigenvalue weighted by Gasteiger charge is 2.10. The van der Waals surface area contributed by atoms with E-state index in [4.69, 9.17) is 18.9 Å². The molecule has 204 valence electrons. The van der Waals surface area contributed by atoms with E-state index in [1.807, 2.05) is 24.3 Å². The zero-order valence-corrected chi connectivity index (χ0v) is 22.6. The first-order valence-electron chi connectivity index (χ1n) is 13.9. The standard InChI is InChI=1S/C29H48N2O5/c1-3-4-5-6-7-8-9-10-11-12-17-34-18-13-16-31(25-32)29-24-26-23-27(14-15-28(26)30-29)36-22-21-35-20-19-33-2/h14-15,23-25,30H,3-13,16-22H2,1-2H3.